The van der Waals surface area contributed by atoms with Crippen LogP contribution in [0.4, 0.5) is 0 Å². The van der Waals surface area contributed by atoms with Crippen LogP contribution >= 0.6 is 0 Å². The van der Waals surface area contributed by atoms with Gasteiger partial charge in [-0.25, -0.2) is 0 Å². The molecule has 13 heavy (non-hydrogen) atoms. The van der Waals surface area contributed by atoms with E-state index in [9.17, 15) is 5.11 Å². The number of hydrogen-bond donors (Lipinski definition) is 1. The number of nitrogens with zero attached hydrogens (tertiary/aromatic N) is 1. The van der Waals surface area contributed by atoms with Crippen molar-refractivity contribution in [3.8, 4) is 0 Å². The Kier molecular flexibility index (Phi) is 5.40. The van der Waals surface area contributed by atoms with Crippen molar-refractivity contribution in [2.75, 3.05) is 19.6 Å². The first kappa shape index (κ1) is 11.0. The van der Waals surface area contributed by atoms with Crippen LogP contribution in [0, 0.1) is 0 Å². The molecule has 78 valence electrons. The van der Waals surface area contributed by atoms with E-state index in [2.05, 4.69) is 11.8 Å². The predicted molar refractivity (Wildman–Crippen MR) is 55.8 cm³/mol. The van der Waals surface area contributed by atoms with Gasteiger partial charge < -0.3 is 10.0 Å². The molecule has 1 aliphatic rings. The summed E-state index contributed by atoms with van der Waals surface area (Å²) in [6.07, 6.45) is 7.45. The number of aliphatic hydroxyl groups excluding tert-OH is 1. The maximum absolute atomic E-state index is 9.44. The number of likely N-dealkylation sites (tertiary alicyclic amines) is 1. The molecule has 2 heteroatoms. The molecule has 1 rings (SSSR count). The molecule has 1 aliphatic heterocycles. The predicted octanol–water partition coefficient (Wildman–Crippen LogP) is 2.02. The van der Waals surface area contributed by atoms with E-state index in [1.165, 1.54) is 45.2 Å². The Morgan fingerprint density at radius 3 is 2.85 bits per heavy atom. The minimum atomic E-state index is -0.0556. The van der Waals surface area contributed by atoms with Gasteiger partial charge in [-0.15, -0.1) is 0 Å². The van der Waals surface area contributed by atoms with Crippen LogP contribution in [0.15, 0.2) is 0 Å². The number of aliphatic hydroxyl groups is 1. The van der Waals surface area contributed by atoms with E-state index in [1.54, 1.807) is 0 Å². The molecular formula is C11H23NO. The van der Waals surface area contributed by atoms with Crippen LogP contribution < -0.4 is 0 Å². The Morgan fingerprint density at radius 1 is 1.31 bits per heavy atom. The molecule has 0 aliphatic carbocycles. The van der Waals surface area contributed by atoms with Crippen LogP contribution in [-0.2, 0) is 0 Å². The summed E-state index contributed by atoms with van der Waals surface area (Å²) in [6.45, 7) is 5.54. The number of unbranched alkanes of at least 4 members (excludes halogenated alkanes) is 3. The maximum Gasteiger partial charge on any atom is 0.0667 e. The third kappa shape index (κ3) is 4.63. The van der Waals surface area contributed by atoms with E-state index in [1.807, 2.05) is 0 Å². The van der Waals surface area contributed by atoms with Crippen molar-refractivity contribution in [1.29, 1.82) is 0 Å². The lowest BCUT2D eigenvalue weighted by molar-refractivity contribution is 0.0698. The van der Waals surface area contributed by atoms with Gasteiger partial charge >= 0.3 is 0 Å². The average Bonchev–Trinajstić information content (AvgIpc) is 2.13. The highest BCUT2D eigenvalue weighted by molar-refractivity contribution is 4.71. The second-order valence-electron chi connectivity index (χ2n) is 4.16. The summed E-state index contributed by atoms with van der Waals surface area (Å²) < 4.78 is 0. The molecule has 0 bridgehead atoms. The fourth-order valence-electron chi connectivity index (χ4n) is 2.00. The standard InChI is InChI=1S/C11H23NO/c1-2-3-4-5-8-12-9-6-7-11(13)10-12/h11,13H,2-10H2,1H3/t11-/m0/s1. The zero-order valence-corrected chi connectivity index (χ0v) is 8.84. The smallest absolute Gasteiger partial charge is 0.0667 e. The molecule has 0 aromatic carbocycles. The SMILES string of the molecule is CCCCCCN1CCC[C@H](O)C1. The van der Waals surface area contributed by atoms with E-state index in [-0.39, 0.29) is 6.10 Å². The second kappa shape index (κ2) is 6.39. The molecule has 1 heterocycles. The molecule has 0 unspecified atom stereocenters. The fourth-order valence-corrected chi connectivity index (χ4v) is 2.00. The maximum atomic E-state index is 9.44. The van der Waals surface area contributed by atoms with Crippen LogP contribution in [-0.4, -0.2) is 35.7 Å². The van der Waals surface area contributed by atoms with E-state index < -0.39 is 0 Å². The summed E-state index contributed by atoms with van der Waals surface area (Å²) >= 11 is 0. The third-order valence-corrected chi connectivity index (χ3v) is 2.81. The monoisotopic (exact) mass is 185 g/mol. The zero-order chi connectivity index (χ0) is 9.52. The first-order valence-electron chi connectivity index (χ1n) is 5.73. The van der Waals surface area contributed by atoms with E-state index >= 15 is 0 Å². The molecule has 0 amide bonds. The lowest BCUT2D eigenvalue weighted by Gasteiger charge is -2.29. The number of hydrogen-bond acceptors (Lipinski definition) is 2. The first-order chi connectivity index (χ1) is 6.33. The lowest BCUT2D eigenvalue weighted by atomic mass is 10.1. The second-order valence-corrected chi connectivity index (χ2v) is 4.16. The molecule has 0 spiro atoms. The molecular weight excluding hydrogens is 162 g/mol. The molecule has 2 nitrogen and oxygen atoms in total. The first-order valence-corrected chi connectivity index (χ1v) is 5.73. The van der Waals surface area contributed by atoms with Crippen molar-refractivity contribution in [2.45, 2.75) is 51.6 Å². The van der Waals surface area contributed by atoms with E-state index in [0.29, 0.717) is 0 Å². The number of β-amino-alcohol motifs (C(OH)–C–C–N with tert-alkyl or cyclic N) is 1. The van der Waals surface area contributed by atoms with Gasteiger partial charge in [0.1, 0.15) is 0 Å². The summed E-state index contributed by atoms with van der Waals surface area (Å²) in [7, 11) is 0. The Bertz CT molecular complexity index is 127. The summed E-state index contributed by atoms with van der Waals surface area (Å²) in [4.78, 5) is 2.41. The van der Waals surface area contributed by atoms with Gasteiger partial charge in [0.15, 0.2) is 0 Å². The van der Waals surface area contributed by atoms with Gasteiger partial charge in [-0.3, -0.25) is 0 Å². The summed E-state index contributed by atoms with van der Waals surface area (Å²) in [6, 6.07) is 0. The normalized spacial score (nSPS) is 24.9. The van der Waals surface area contributed by atoms with Crippen LogP contribution in [0.25, 0.3) is 0 Å². The van der Waals surface area contributed by atoms with Crippen molar-refractivity contribution in [1.82, 2.24) is 4.90 Å². The van der Waals surface area contributed by atoms with Crippen molar-refractivity contribution in [3.05, 3.63) is 0 Å². The van der Waals surface area contributed by atoms with Gasteiger partial charge in [0.2, 0.25) is 0 Å². The Labute approximate surface area is 81.9 Å². The molecule has 0 radical (unpaired) electrons. The summed E-state index contributed by atoms with van der Waals surface area (Å²) in [5.74, 6) is 0. The van der Waals surface area contributed by atoms with E-state index in [4.69, 9.17) is 0 Å². The van der Waals surface area contributed by atoms with Gasteiger partial charge in [0.25, 0.3) is 0 Å². The summed E-state index contributed by atoms with van der Waals surface area (Å²) in [5, 5.41) is 9.44. The minimum Gasteiger partial charge on any atom is -0.392 e. The molecule has 1 saturated heterocycles. The van der Waals surface area contributed by atoms with Crippen LogP contribution in [0.1, 0.15) is 45.4 Å². The molecule has 1 N–H and O–H groups in total. The molecule has 1 atom stereocenters. The quantitative estimate of drug-likeness (QED) is 0.662. The van der Waals surface area contributed by atoms with Gasteiger partial charge in [0.05, 0.1) is 6.10 Å². The summed E-state index contributed by atoms with van der Waals surface area (Å²) in [5.41, 5.74) is 0. The molecule has 0 aromatic heterocycles. The van der Waals surface area contributed by atoms with Gasteiger partial charge in [-0.1, -0.05) is 26.2 Å². The number of piperidine rings is 1. The Hall–Kier alpha value is -0.0800. The van der Waals surface area contributed by atoms with Crippen molar-refractivity contribution < 1.29 is 5.11 Å². The zero-order valence-electron chi connectivity index (χ0n) is 8.84. The van der Waals surface area contributed by atoms with Gasteiger partial charge in [-0.05, 0) is 32.4 Å². The average molecular weight is 185 g/mol. The molecule has 1 fully saturated rings. The Morgan fingerprint density at radius 2 is 2.15 bits per heavy atom. The highest BCUT2D eigenvalue weighted by atomic mass is 16.3. The van der Waals surface area contributed by atoms with Crippen molar-refractivity contribution >= 4 is 0 Å². The highest BCUT2D eigenvalue weighted by Crippen LogP contribution is 2.11. The van der Waals surface area contributed by atoms with Crippen LogP contribution in [0.5, 0.6) is 0 Å². The largest absolute Gasteiger partial charge is 0.392 e. The van der Waals surface area contributed by atoms with Crippen LogP contribution in [0.2, 0.25) is 0 Å². The van der Waals surface area contributed by atoms with Crippen molar-refractivity contribution in [3.63, 3.8) is 0 Å². The number of rotatable bonds is 5. The Balaban J connectivity index is 2.00. The van der Waals surface area contributed by atoms with Gasteiger partial charge in [-0.2, -0.15) is 0 Å². The van der Waals surface area contributed by atoms with Crippen molar-refractivity contribution in [2.24, 2.45) is 0 Å². The highest BCUT2D eigenvalue weighted by Gasteiger charge is 2.16. The topological polar surface area (TPSA) is 23.5 Å². The molecule has 0 aromatic rings. The third-order valence-electron chi connectivity index (χ3n) is 2.81. The van der Waals surface area contributed by atoms with Crippen LogP contribution in [0.3, 0.4) is 0 Å². The fraction of sp³-hybridized carbons (Fsp3) is 1.00. The van der Waals surface area contributed by atoms with E-state index in [0.717, 1.165) is 13.0 Å². The lowest BCUT2D eigenvalue weighted by Crippen LogP contribution is -2.38. The molecule has 0 saturated carbocycles. The minimum absolute atomic E-state index is 0.0556. The van der Waals surface area contributed by atoms with Gasteiger partial charge in [0, 0.05) is 6.54 Å².